The number of nitriles is 1. The Morgan fingerprint density at radius 3 is 2.63 bits per heavy atom. The number of hydrogen-bond acceptors (Lipinski definition) is 5. The van der Waals surface area contributed by atoms with Crippen LogP contribution >= 0.6 is 11.8 Å². The van der Waals surface area contributed by atoms with E-state index in [2.05, 4.69) is 5.32 Å². The summed E-state index contributed by atoms with van der Waals surface area (Å²) in [5.74, 6) is -0.232. The van der Waals surface area contributed by atoms with E-state index in [9.17, 15) is 9.59 Å². The molecule has 0 aromatic heterocycles. The number of anilines is 1. The smallest absolute Gasteiger partial charge is 0.410 e. The van der Waals surface area contributed by atoms with Crippen LogP contribution in [0, 0.1) is 10.7 Å². The zero-order valence-corrected chi connectivity index (χ0v) is 15.4. The van der Waals surface area contributed by atoms with Crippen molar-refractivity contribution in [2.24, 2.45) is 0 Å². The third-order valence-corrected chi connectivity index (χ3v) is 4.88. The van der Waals surface area contributed by atoms with Crippen molar-refractivity contribution in [2.75, 3.05) is 11.9 Å². The molecule has 6 nitrogen and oxygen atoms in total. The van der Waals surface area contributed by atoms with Crippen LogP contribution in [0.2, 0.25) is 0 Å². The molecule has 3 rings (SSSR count). The summed E-state index contributed by atoms with van der Waals surface area (Å²) in [4.78, 5) is 27.3. The number of likely N-dealkylation sites (tertiary alicyclic amines) is 1. The van der Waals surface area contributed by atoms with Gasteiger partial charge in [0.15, 0.2) is 0 Å². The number of benzene rings is 2. The zero-order chi connectivity index (χ0) is 19.1. The van der Waals surface area contributed by atoms with Gasteiger partial charge in [-0.3, -0.25) is 9.69 Å². The summed E-state index contributed by atoms with van der Waals surface area (Å²) in [6, 6.07) is 15.9. The molecule has 7 heteroatoms. The second-order valence-corrected chi connectivity index (χ2v) is 6.96. The molecule has 2 aromatic rings. The molecule has 0 radical (unpaired) electrons. The SMILES string of the molecule is N#CSc1ccc(NC(=O)C2CCCN2C(=O)OCc2ccccc2)cc1. The fraction of sp³-hybridized carbons (Fsp3) is 0.250. The Balaban J connectivity index is 1.57. The van der Waals surface area contributed by atoms with E-state index in [-0.39, 0.29) is 12.5 Å². The predicted octanol–water partition coefficient (Wildman–Crippen LogP) is 4.00. The Morgan fingerprint density at radius 1 is 1.19 bits per heavy atom. The first-order valence-electron chi connectivity index (χ1n) is 8.61. The molecule has 1 unspecified atom stereocenters. The van der Waals surface area contributed by atoms with Crippen LogP contribution in [-0.4, -0.2) is 29.5 Å². The maximum absolute atomic E-state index is 12.6. The second kappa shape index (κ2) is 9.10. The lowest BCUT2D eigenvalue weighted by Gasteiger charge is -2.23. The van der Waals surface area contributed by atoms with E-state index >= 15 is 0 Å². The summed E-state index contributed by atoms with van der Waals surface area (Å²) < 4.78 is 5.36. The van der Waals surface area contributed by atoms with Crippen molar-refractivity contribution < 1.29 is 14.3 Å². The molecule has 1 atom stereocenters. The molecule has 0 spiro atoms. The molecule has 0 bridgehead atoms. The number of nitrogens with one attached hydrogen (secondary N) is 1. The molecule has 1 saturated heterocycles. The second-order valence-electron chi connectivity index (χ2n) is 6.10. The molecular weight excluding hydrogens is 362 g/mol. The van der Waals surface area contributed by atoms with Crippen molar-refractivity contribution in [3.63, 3.8) is 0 Å². The Bertz CT molecular complexity index is 834. The number of thioether (sulfide) groups is 1. The van der Waals surface area contributed by atoms with Gasteiger partial charge >= 0.3 is 6.09 Å². The molecule has 2 aromatic carbocycles. The summed E-state index contributed by atoms with van der Waals surface area (Å²) in [6.45, 7) is 0.686. The molecule has 1 fully saturated rings. The molecule has 2 amide bonds. The van der Waals surface area contributed by atoms with Gasteiger partial charge in [-0.15, -0.1) is 0 Å². The van der Waals surface area contributed by atoms with Crippen LogP contribution in [0.4, 0.5) is 10.5 Å². The van der Waals surface area contributed by atoms with E-state index in [4.69, 9.17) is 10.00 Å². The van der Waals surface area contributed by atoms with Gasteiger partial charge in [-0.25, -0.2) is 4.79 Å². The largest absolute Gasteiger partial charge is 0.445 e. The number of amides is 2. The number of carbonyl (C=O) groups is 2. The Labute approximate surface area is 162 Å². The minimum absolute atomic E-state index is 0.183. The lowest BCUT2D eigenvalue weighted by atomic mass is 10.2. The maximum Gasteiger partial charge on any atom is 0.410 e. The van der Waals surface area contributed by atoms with Crippen molar-refractivity contribution in [3.8, 4) is 5.40 Å². The third kappa shape index (κ3) is 5.02. The van der Waals surface area contributed by atoms with Crippen LogP contribution in [0.3, 0.4) is 0 Å². The normalized spacial score (nSPS) is 15.8. The fourth-order valence-corrected chi connectivity index (χ4v) is 3.32. The monoisotopic (exact) mass is 381 g/mol. The zero-order valence-electron chi connectivity index (χ0n) is 14.6. The van der Waals surface area contributed by atoms with E-state index in [0.29, 0.717) is 18.7 Å². The predicted molar refractivity (Wildman–Crippen MR) is 103 cm³/mol. The van der Waals surface area contributed by atoms with Crippen molar-refractivity contribution in [3.05, 3.63) is 60.2 Å². The standard InChI is InChI=1S/C20H19N3O3S/c21-14-27-17-10-8-16(9-11-17)22-19(24)18-7-4-12-23(18)20(25)26-13-15-5-2-1-3-6-15/h1-3,5-6,8-11,18H,4,7,12-13H2,(H,22,24). The summed E-state index contributed by atoms with van der Waals surface area (Å²) in [6.07, 6.45) is 0.891. The van der Waals surface area contributed by atoms with E-state index in [0.717, 1.165) is 28.6 Å². The molecule has 0 saturated carbocycles. The third-order valence-electron chi connectivity index (χ3n) is 4.28. The highest BCUT2D eigenvalue weighted by atomic mass is 32.2. The fourth-order valence-electron chi connectivity index (χ4n) is 2.94. The Kier molecular flexibility index (Phi) is 6.34. The minimum atomic E-state index is -0.540. The van der Waals surface area contributed by atoms with Gasteiger partial charge in [0.25, 0.3) is 0 Å². The van der Waals surface area contributed by atoms with Gasteiger partial charge in [0, 0.05) is 17.1 Å². The Hall–Kier alpha value is -2.98. The van der Waals surface area contributed by atoms with Gasteiger partial charge in [0.2, 0.25) is 5.91 Å². The quantitative estimate of drug-likeness (QED) is 0.625. The highest BCUT2D eigenvalue weighted by molar-refractivity contribution is 8.03. The van der Waals surface area contributed by atoms with Crippen molar-refractivity contribution in [2.45, 2.75) is 30.4 Å². The molecule has 138 valence electrons. The number of carbonyl (C=O) groups excluding carboxylic acids is 2. The number of nitrogens with zero attached hydrogens (tertiary/aromatic N) is 2. The maximum atomic E-state index is 12.6. The summed E-state index contributed by atoms with van der Waals surface area (Å²) in [7, 11) is 0. The van der Waals surface area contributed by atoms with Crippen molar-refractivity contribution in [1.29, 1.82) is 5.26 Å². The first-order valence-corrected chi connectivity index (χ1v) is 9.43. The Morgan fingerprint density at radius 2 is 1.93 bits per heavy atom. The summed E-state index contributed by atoms with van der Waals surface area (Å²) in [5.41, 5.74) is 1.54. The first-order chi connectivity index (χ1) is 13.2. The van der Waals surface area contributed by atoms with E-state index in [1.165, 1.54) is 4.90 Å². The van der Waals surface area contributed by atoms with E-state index < -0.39 is 12.1 Å². The molecule has 0 aliphatic carbocycles. The van der Waals surface area contributed by atoms with Crippen LogP contribution in [-0.2, 0) is 16.1 Å². The van der Waals surface area contributed by atoms with Crippen LogP contribution < -0.4 is 5.32 Å². The van der Waals surface area contributed by atoms with Crippen molar-refractivity contribution in [1.82, 2.24) is 4.90 Å². The van der Waals surface area contributed by atoms with Gasteiger partial charge in [-0.2, -0.15) is 5.26 Å². The van der Waals surface area contributed by atoms with Gasteiger partial charge < -0.3 is 10.1 Å². The van der Waals surface area contributed by atoms with Crippen LogP contribution in [0.25, 0.3) is 0 Å². The van der Waals surface area contributed by atoms with Gasteiger partial charge in [0.05, 0.1) is 0 Å². The van der Waals surface area contributed by atoms with Crippen LogP contribution in [0.5, 0.6) is 0 Å². The summed E-state index contributed by atoms with van der Waals surface area (Å²) in [5, 5.41) is 13.5. The topological polar surface area (TPSA) is 82.4 Å². The van der Waals surface area contributed by atoms with E-state index in [1.807, 2.05) is 35.7 Å². The van der Waals surface area contributed by atoms with Crippen molar-refractivity contribution >= 4 is 29.4 Å². The molecule has 1 N–H and O–H groups in total. The highest BCUT2D eigenvalue weighted by Gasteiger charge is 2.35. The summed E-state index contributed by atoms with van der Waals surface area (Å²) >= 11 is 1.06. The molecule has 1 heterocycles. The average Bonchev–Trinajstić information content (AvgIpc) is 3.19. The number of rotatable bonds is 5. The lowest BCUT2D eigenvalue weighted by Crippen LogP contribution is -2.43. The minimum Gasteiger partial charge on any atom is -0.445 e. The number of ether oxygens (including phenoxy) is 1. The molecule has 1 aliphatic rings. The lowest BCUT2D eigenvalue weighted by molar-refractivity contribution is -0.120. The van der Waals surface area contributed by atoms with Crippen LogP contribution in [0.1, 0.15) is 18.4 Å². The number of hydrogen-bond donors (Lipinski definition) is 1. The first kappa shape index (κ1) is 18.8. The number of thiocyanates is 1. The van der Waals surface area contributed by atoms with E-state index in [1.54, 1.807) is 24.3 Å². The van der Waals surface area contributed by atoms with Crippen LogP contribution in [0.15, 0.2) is 59.5 Å². The molecular formula is C20H19N3O3S. The average molecular weight is 381 g/mol. The molecule has 1 aliphatic heterocycles. The van der Waals surface area contributed by atoms with Gasteiger partial charge in [-0.05, 0) is 54.4 Å². The van der Waals surface area contributed by atoms with Gasteiger partial charge in [-0.1, -0.05) is 30.3 Å². The van der Waals surface area contributed by atoms with Gasteiger partial charge in [0.1, 0.15) is 18.0 Å². The molecule has 27 heavy (non-hydrogen) atoms. The highest BCUT2D eigenvalue weighted by Crippen LogP contribution is 2.22.